The molecule has 2 aliphatic carbocycles. The summed E-state index contributed by atoms with van der Waals surface area (Å²) in [4.78, 5) is 10.4. The van der Waals surface area contributed by atoms with Gasteiger partial charge in [0.25, 0.3) is 0 Å². The Balaban J connectivity index is 0.998. The molecular weight excluding hydrogens is 954 g/mol. The van der Waals surface area contributed by atoms with Crippen molar-refractivity contribution in [1.82, 2.24) is 23.5 Å². The number of benzene rings is 5. The summed E-state index contributed by atoms with van der Waals surface area (Å²) in [5.41, 5.74) is 19.3. The van der Waals surface area contributed by atoms with Crippen LogP contribution >= 0.6 is 0 Å². The number of imidazole rings is 1. The molecular formula is C56H47N5OPt. The van der Waals surface area contributed by atoms with Crippen LogP contribution in [0.4, 0.5) is 0 Å². The summed E-state index contributed by atoms with van der Waals surface area (Å²) in [6.07, 6.45) is 8.34. The molecule has 7 heteroatoms. The Bertz CT molecular complexity index is 3450. The van der Waals surface area contributed by atoms with E-state index in [1.54, 1.807) is 0 Å². The fourth-order valence-electron chi connectivity index (χ4n) is 9.55. The fourth-order valence-corrected chi connectivity index (χ4v) is 10.6. The Hall–Kier alpha value is -6.62. The van der Waals surface area contributed by atoms with Gasteiger partial charge in [0.15, 0.2) is 0 Å². The van der Waals surface area contributed by atoms with Crippen LogP contribution in [0.2, 0.25) is 0 Å². The minimum absolute atomic E-state index is 0.285. The average Bonchev–Trinajstić information content (AvgIpc) is 3.83. The van der Waals surface area contributed by atoms with Crippen LogP contribution in [0.3, 0.4) is 0 Å². The summed E-state index contributed by atoms with van der Waals surface area (Å²) in [7, 11) is 0. The zero-order valence-electron chi connectivity index (χ0n) is 35.9. The van der Waals surface area contributed by atoms with E-state index in [9.17, 15) is 0 Å². The normalized spacial score (nSPS) is 12.7. The van der Waals surface area contributed by atoms with E-state index in [4.69, 9.17) is 14.7 Å². The molecule has 14 rings (SSSR count). The van der Waals surface area contributed by atoms with Crippen LogP contribution in [-0.4, -0.2) is 23.5 Å². The van der Waals surface area contributed by atoms with Crippen molar-refractivity contribution in [3.05, 3.63) is 201 Å². The topological polar surface area (TPSA) is 49.3 Å². The first-order chi connectivity index (χ1) is 30.8. The number of aryl methyl sites for hydroxylation is 4. The molecule has 4 aliphatic rings. The molecule has 6 nitrogen and oxygen atoms in total. The average molecular weight is 1000 g/mol. The van der Waals surface area contributed by atoms with E-state index in [0.29, 0.717) is 0 Å². The Kier molecular flexibility index (Phi) is 9.92. The van der Waals surface area contributed by atoms with Crippen molar-refractivity contribution in [3.8, 4) is 45.4 Å². The zero-order chi connectivity index (χ0) is 42.8. The minimum atomic E-state index is 0.285. The van der Waals surface area contributed by atoms with Crippen LogP contribution in [0, 0.1) is 17.7 Å². The summed E-state index contributed by atoms with van der Waals surface area (Å²) in [6, 6.07) is 51.7. The molecule has 7 heterocycles. The molecule has 0 N–H and O–H groups in total. The van der Waals surface area contributed by atoms with Crippen LogP contribution in [0.15, 0.2) is 158 Å². The molecule has 63 heavy (non-hydrogen) atoms. The van der Waals surface area contributed by atoms with Gasteiger partial charge in [-0.2, -0.15) is 0 Å². The SMILES string of the molecule is Cc1c2ccc(c1C)CCc1ccc(c3cn(-c4cccc(Oc5ccc6c7nc(-c8ccccc8)ccc7n(-c7cc(C(C)C)c(-c8ccccc8)cn7)c6c5)c4)[c](=[Pt])n13)CC2. The number of aromatic nitrogens is 5. The van der Waals surface area contributed by atoms with Gasteiger partial charge in [0, 0.05) is 17.3 Å². The van der Waals surface area contributed by atoms with Crippen molar-refractivity contribution in [1.29, 1.82) is 0 Å². The molecule has 0 amide bonds. The van der Waals surface area contributed by atoms with Crippen LogP contribution in [0.5, 0.6) is 11.5 Å². The van der Waals surface area contributed by atoms with Gasteiger partial charge in [-0.1, -0.05) is 74.5 Å². The third kappa shape index (κ3) is 6.98. The van der Waals surface area contributed by atoms with Crippen molar-refractivity contribution in [3.63, 3.8) is 0 Å². The Morgan fingerprint density at radius 3 is 2.08 bits per heavy atom. The van der Waals surface area contributed by atoms with Gasteiger partial charge >= 0.3 is 260 Å². The van der Waals surface area contributed by atoms with Crippen molar-refractivity contribution in [2.75, 3.05) is 0 Å². The molecule has 0 saturated heterocycles. The van der Waals surface area contributed by atoms with Crippen LogP contribution in [-0.2, 0) is 45.0 Å². The zero-order valence-corrected chi connectivity index (χ0v) is 38.1. The first kappa shape index (κ1) is 39.2. The number of ether oxygens (including phenoxy) is 1. The van der Waals surface area contributed by atoms with Crippen LogP contribution in [0.1, 0.15) is 58.8 Å². The third-order valence-electron chi connectivity index (χ3n) is 13.1. The van der Waals surface area contributed by atoms with Gasteiger partial charge in [0.2, 0.25) is 0 Å². The quantitative estimate of drug-likeness (QED) is 0.160. The summed E-state index contributed by atoms with van der Waals surface area (Å²) in [5, 5.41) is 1.04. The van der Waals surface area contributed by atoms with Crippen molar-refractivity contribution in [2.45, 2.75) is 59.3 Å². The van der Waals surface area contributed by atoms with Gasteiger partial charge < -0.3 is 0 Å². The molecule has 0 atom stereocenters. The fraction of sp³-hybridized carbons (Fsp3) is 0.161. The number of pyridine rings is 3. The van der Waals surface area contributed by atoms with E-state index in [0.717, 1.165) is 96.8 Å². The van der Waals surface area contributed by atoms with Gasteiger partial charge in [-0.3, -0.25) is 0 Å². The summed E-state index contributed by atoms with van der Waals surface area (Å²) < 4.78 is 15.0. The summed E-state index contributed by atoms with van der Waals surface area (Å²) >= 11 is 2.50. The van der Waals surface area contributed by atoms with Gasteiger partial charge in [0.05, 0.1) is 5.69 Å². The predicted octanol–water partition coefficient (Wildman–Crippen LogP) is 13.4. The second-order valence-electron chi connectivity index (χ2n) is 17.1. The van der Waals surface area contributed by atoms with Crippen molar-refractivity contribution in [2.24, 2.45) is 0 Å². The third-order valence-corrected chi connectivity index (χ3v) is 14.2. The van der Waals surface area contributed by atoms with E-state index < -0.39 is 0 Å². The molecule has 10 aromatic rings. The van der Waals surface area contributed by atoms with Crippen LogP contribution in [0.25, 0.3) is 61.3 Å². The molecule has 0 unspecified atom stereocenters. The standard InChI is InChI=1S/C56H47N5O.Pt/c1-36(2)49-32-55(57-33-50(49)41-12-7-5-8-13-41)61-52-29-28-51(42-14-9-6-10-15-42)58-56(52)48-27-26-47(31-53(48)61)62-46-17-11-16-45(30-46)59-34-54-43-21-20-39-18-19-40(38(4)37(39)3)22-24-44(25-23-43)60(54)35-59;/h5-19,23,25-34,36H,20-22,24H2,1-4H3;. The Morgan fingerprint density at radius 2 is 1.32 bits per heavy atom. The molecule has 5 aromatic carbocycles. The second kappa shape index (κ2) is 15.9. The molecule has 5 aromatic heterocycles. The summed E-state index contributed by atoms with van der Waals surface area (Å²) in [6.45, 7) is 9.08. The first-order valence-corrected chi connectivity index (χ1v) is 23.1. The van der Waals surface area contributed by atoms with Gasteiger partial charge in [-0.15, -0.1) is 0 Å². The number of nitrogens with zero attached hydrogens (tertiary/aromatic N) is 5. The Labute approximate surface area is 378 Å². The molecule has 312 valence electrons. The maximum absolute atomic E-state index is 6.80. The molecule has 0 fully saturated rings. The molecule has 4 bridgehead atoms. The Morgan fingerprint density at radius 1 is 0.619 bits per heavy atom. The summed E-state index contributed by atoms with van der Waals surface area (Å²) in [5.74, 6) is 2.64. The predicted molar refractivity (Wildman–Crippen MR) is 252 cm³/mol. The van der Waals surface area contributed by atoms with Gasteiger partial charge in [0.1, 0.15) is 0 Å². The molecule has 0 radical (unpaired) electrons. The first-order valence-electron chi connectivity index (χ1n) is 21.9. The molecule has 2 aliphatic heterocycles. The monoisotopic (exact) mass is 1000 g/mol. The van der Waals surface area contributed by atoms with E-state index in [1.165, 1.54) is 44.6 Å². The second-order valence-corrected chi connectivity index (χ2v) is 18.2. The molecule has 0 spiro atoms. The van der Waals surface area contributed by atoms with Crippen LogP contribution < -0.4 is 4.74 Å². The maximum atomic E-state index is 6.80. The van der Waals surface area contributed by atoms with E-state index >= 15 is 0 Å². The van der Waals surface area contributed by atoms with E-state index in [-0.39, 0.29) is 5.92 Å². The molecule has 0 saturated carbocycles. The number of rotatable bonds is 7. The van der Waals surface area contributed by atoms with Gasteiger partial charge in [-0.25, -0.2) is 0 Å². The number of hydrogen-bond donors (Lipinski definition) is 0. The number of fused-ring (bicyclic) bond motifs is 3. The number of hydrogen-bond acceptors (Lipinski definition) is 3. The van der Waals surface area contributed by atoms with E-state index in [1.807, 2.05) is 18.3 Å². The van der Waals surface area contributed by atoms with Gasteiger partial charge in [-0.05, 0) is 23.1 Å². The van der Waals surface area contributed by atoms with E-state index in [2.05, 4.69) is 200 Å². The van der Waals surface area contributed by atoms with Crippen molar-refractivity contribution < 1.29 is 24.1 Å². The van der Waals surface area contributed by atoms with Crippen molar-refractivity contribution >= 4 is 27.5 Å².